The van der Waals surface area contributed by atoms with E-state index in [4.69, 9.17) is 19.7 Å². The first kappa shape index (κ1) is 60.5. The monoisotopic (exact) mass is 1250 g/mol. The zero-order valence-corrected chi connectivity index (χ0v) is 51.3. The summed E-state index contributed by atoms with van der Waals surface area (Å²) in [6.07, 6.45) is 2.56. The van der Waals surface area contributed by atoms with E-state index in [9.17, 15) is 10.2 Å². The van der Waals surface area contributed by atoms with Crippen LogP contribution in [0.5, 0.6) is 0 Å². The van der Waals surface area contributed by atoms with E-state index in [0.717, 1.165) is 47.4 Å². The van der Waals surface area contributed by atoms with Gasteiger partial charge in [0.2, 0.25) is 0 Å². The Balaban J connectivity index is 0.000000188. The largest absolute Gasteiger partial charge is 3.00 e. The van der Waals surface area contributed by atoms with Gasteiger partial charge in [0.05, 0.1) is 34.2 Å². The van der Waals surface area contributed by atoms with Crippen LogP contribution < -0.4 is 10.2 Å². The Morgan fingerprint density at radius 2 is 0.769 bits per heavy atom. The van der Waals surface area contributed by atoms with Crippen LogP contribution in [0, 0.1) is 72.7 Å². The molecule has 0 spiro atoms. The Morgan fingerprint density at radius 3 is 1.05 bits per heavy atom. The molecule has 8 aromatic carbocycles. The van der Waals surface area contributed by atoms with E-state index >= 15 is 0 Å². The maximum Gasteiger partial charge on any atom is 3.00 e. The number of ether oxygens (including phenoxy) is 1. The van der Waals surface area contributed by atoms with E-state index in [1.165, 1.54) is 57.3 Å². The molecule has 0 saturated carbocycles. The summed E-state index contributed by atoms with van der Waals surface area (Å²) in [7, 11) is 0. The van der Waals surface area contributed by atoms with Crippen molar-refractivity contribution in [3.63, 3.8) is 0 Å². The molecule has 1 radical (unpaired) electrons. The zero-order valence-electron chi connectivity index (χ0n) is 47.2. The van der Waals surface area contributed by atoms with Crippen molar-refractivity contribution in [1.29, 1.82) is 0 Å². The van der Waals surface area contributed by atoms with Crippen LogP contribution in [0.1, 0.15) is 119 Å². The molecule has 1 aromatic heterocycles. The van der Waals surface area contributed by atoms with E-state index in [-0.39, 0.29) is 36.5 Å². The molecule has 10 rings (SSSR count). The van der Waals surface area contributed by atoms with Crippen LogP contribution in [0.15, 0.2) is 228 Å². The Kier molecular flexibility index (Phi) is 21.9. The number of nitrogens with zero attached hydrogens (tertiary/aromatic N) is 3. The third-order valence-electron chi connectivity index (χ3n) is 14.2. The molecule has 0 bridgehead atoms. The van der Waals surface area contributed by atoms with E-state index in [1.807, 2.05) is 56.3 Å². The minimum absolute atomic E-state index is 0. The Hall–Kier alpha value is -6.69. The summed E-state index contributed by atoms with van der Waals surface area (Å²) in [4.78, 5) is 14.7. The van der Waals surface area contributed by atoms with Crippen LogP contribution >= 0.6 is 0 Å². The third-order valence-corrected chi connectivity index (χ3v) is 14.2. The normalized spacial score (nSPS) is 12.7. The molecule has 0 amide bonds. The van der Waals surface area contributed by atoms with Gasteiger partial charge in [-0.25, -0.2) is 17.1 Å². The van der Waals surface area contributed by atoms with Crippen molar-refractivity contribution in [2.75, 3.05) is 13.2 Å². The molecular formula is C71H74N3O3U. The fourth-order valence-corrected chi connectivity index (χ4v) is 10.1. The van der Waals surface area contributed by atoms with Crippen LogP contribution in [0.25, 0.3) is 0 Å². The molecule has 0 aliphatic carbocycles. The maximum atomic E-state index is 14.8. The standard InChI is InChI=1S/C27H31N3.C26H20O2.C14H15.C4H8O.U/c1-16-12-18(3)26(19(4)13-16)28-22(7)24-10-9-11-25(30-24)23(8)29-27-20(5)14-17(2)15-21(27)6;27-25(21-13-5-1-6-14-21,22-15-7-2-8-16-22)26(28,23-17-9-3-10-18-23)24-19-11-4-12-20-24;1-14(2,13-10-6-7-11-13)12-8-4-3-5-9-12;1-2-4-5-3-1;/h9-15H,1-8H3;1-20H;3-11H,1-2H3;1-4H2;/q;-2;-1;;+3. The average Bonchev–Trinajstić information content (AvgIpc) is 4.29. The first-order valence-corrected chi connectivity index (χ1v) is 26.8. The number of hydrogen-bond donors (Lipinski definition) is 0. The van der Waals surface area contributed by atoms with Crippen molar-refractivity contribution in [2.24, 2.45) is 9.98 Å². The molecule has 6 nitrogen and oxygen atoms in total. The second kappa shape index (κ2) is 28.3. The Labute approximate surface area is 488 Å². The van der Waals surface area contributed by atoms with Gasteiger partial charge in [0.15, 0.2) is 0 Å². The van der Waals surface area contributed by atoms with Gasteiger partial charge in [-0.2, -0.15) is 17.7 Å². The summed E-state index contributed by atoms with van der Waals surface area (Å²) in [5, 5.41) is 29.6. The Morgan fingerprint density at radius 1 is 0.449 bits per heavy atom. The molecule has 1 saturated heterocycles. The minimum atomic E-state index is -2.06. The quantitative estimate of drug-likeness (QED) is 0.0952. The smallest absolute Gasteiger partial charge is 0.843 e. The first-order valence-electron chi connectivity index (χ1n) is 26.8. The van der Waals surface area contributed by atoms with Gasteiger partial charge in [-0.15, -0.1) is 0 Å². The average molecular weight is 1260 g/mol. The van der Waals surface area contributed by atoms with Crippen LogP contribution in [0.4, 0.5) is 11.4 Å². The van der Waals surface area contributed by atoms with Gasteiger partial charge in [0, 0.05) is 13.2 Å². The van der Waals surface area contributed by atoms with Crippen LogP contribution in [-0.2, 0) is 21.4 Å². The second-order valence-corrected chi connectivity index (χ2v) is 20.6. The molecule has 78 heavy (non-hydrogen) atoms. The van der Waals surface area contributed by atoms with Gasteiger partial charge < -0.3 is 14.9 Å². The molecule has 1 aliphatic heterocycles. The van der Waals surface area contributed by atoms with Crippen molar-refractivity contribution in [3.05, 3.63) is 297 Å². The molecular weight excluding hydrogens is 1180 g/mol. The summed E-state index contributed by atoms with van der Waals surface area (Å²) < 4.78 is 4.94. The van der Waals surface area contributed by atoms with E-state index in [2.05, 4.69) is 134 Å². The van der Waals surface area contributed by atoms with Gasteiger partial charge in [0.25, 0.3) is 0 Å². The van der Waals surface area contributed by atoms with Crippen molar-refractivity contribution >= 4 is 22.8 Å². The van der Waals surface area contributed by atoms with Gasteiger partial charge in [0.1, 0.15) is 0 Å². The molecule has 0 N–H and O–H groups in total. The number of aromatic nitrogens is 1. The maximum absolute atomic E-state index is 14.8. The van der Waals surface area contributed by atoms with Crippen LogP contribution in [0.2, 0.25) is 0 Å². The van der Waals surface area contributed by atoms with Gasteiger partial charge in [-0.1, -0.05) is 240 Å². The van der Waals surface area contributed by atoms with Gasteiger partial charge >= 0.3 is 31.1 Å². The van der Waals surface area contributed by atoms with Gasteiger partial charge in [-0.3, -0.25) is 9.98 Å². The molecule has 0 unspecified atom stereocenters. The SMILES string of the molecule is C1CCOC1.CC(=Nc1c(C)cc(C)cc1C)c1cccc(C(C)=Nc2c(C)cc(C)cc2C)n1.CC(C)(c1ccccc1)c1ccc[cH-]1.[O-]C(c1ccccc1)(c1ccccc1)C([O-])(c1ccccc1)c1ccccc1.[U+3]. The van der Waals surface area contributed by atoms with E-state index in [1.54, 1.807) is 97.1 Å². The van der Waals surface area contributed by atoms with Crippen molar-refractivity contribution < 1.29 is 46.1 Å². The molecule has 9 aromatic rings. The summed E-state index contributed by atoms with van der Waals surface area (Å²) in [5.74, 6) is 0. The summed E-state index contributed by atoms with van der Waals surface area (Å²) in [6, 6.07) is 69.8. The van der Waals surface area contributed by atoms with Crippen LogP contribution in [-0.4, -0.2) is 29.6 Å². The molecule has 1 aliphatic rings. The van der Waals surface area contributed by atoms with E-state index < -0.39 is 11.2 Å². The summed E-state index contributed by atoms with van der Waals surface area (Å²) in [5.41, 5.74) is 13.4. The predicted octanol–water partition coefficient (Wildman–Crippen LogP) is 15.3. The van der Waals surface area contributed by atoms with Crippen LogP contribution in [0.3, 0.4) is 0 Å². The van der Waals surface area contributed by atoms with Crippen molar-refractivity contribution in [1.82, 2.24) is 4.98 Å². The fraction of sp³-hybridized carbons (Fsp3) is 0.239. The van der Waals surface area contributed by atoms with Crippen molar-refractivity contribution in [2.45, 2.75) is 98.7 Å². The summed E-state index contributed by atoms with van der Waals surface area (Å²) in [6.45, 7) is 23.2. The fourth-order valence-electron chi connectivity index (χ4n) is 10.1. The number of aryl methyl sites for hydroxylation is 6. The molecule has 395 valence electrons. The van der Waals surface area contributed by atoms with Gasteiger partial charge in [-0.05, 0) is 114 Å². The number of aliphatic imine (C=N–C) groups is 2. The number of hydrogen-bond acceptors (Lipinski definition) is 6. The minimum Gasteiger partial charge on any atom is -0.843 e. The molecule has 1 fully saturated rings. The second-order valence-electron chi connectivity index (χ2n) is 20.6. The molecule has 7 heteroatoms. The summed E-state index contributed by atoms with van der Waals surface area (Å²) >= 11 is 0. The molecule has 0 atom stereocenters. The zero-order chi connectivity index (χ0) is 55.0. The number of rotatable bonds is 11. The number of pyridine rings is 1. The Bertz CT molecular complexity index is 3020. The first-order chi connectivity index (χ1) is 37.0. The third kappa shape index (κ3) is 14.7. The number of benzene rings is 7. The molecule has 2 heterocycles. The predicted molar refractivity (Wildman–Crippen MR) is 317 cm³/mol. The topological polar surface area (TPSA) is 93.0 Å². The van der Waals surface area contributed by atoms with E-state index in [0.29, 0.717) is 22.3 Å². The van der Waals surface area contributed by atoms with Crippen molar-refractivity contribution in [3.8, 4) is 0 Å².